The number of likely N-dealkylation sites (tertiary alicyclic amines) is 1. The van der Waals surface area contributed by atoms with Crippen molar-refractivity contribution >= 4 is 5.91 Å². The average molecular weight is 313 g/mol. The largest absolute Gasteiger partial charge is 0.366 e. The molecule has 122 valence electrons. The van der Waals surface area contributed by atoms with Crippen molar-refractivity contribution in [3.05, 3.63) is 35.4 Å². The minimum absolute atomic E-state index is 0.147. The quantitative estimate of drug-likeness (QED) is 0.853. The summed E-state index contributed by atoms with van der Waals surface area (Å²) < 4.78 is 5.72. The first kappa shape index (κ1) is 16.0. The number of piperidine rings is 1. The minimum atomic E-state index is -0.333. The molecule has 2 saturated heterocycles. The molecular formula is C18H23N3O2. The van der Waals surface area contributed by atoms with Gasteiger partial charge in [-0.15, -0.1) is 0 Å². The lowest BCUT2D eigenvalue weighted by Crippen LogP contribution is -2.51. The summed E-state index contributed by atoms with van der Waals surface area (Å²) in [7, 11) is 0. The molecule has 23 heavy (non-hydrogen) atoms. The van der Waals surface area contributed by atoms with Crippen LogP contribution in [0.15, 0.2) is 24.3 Å². The lowest BCUT2D eigenvalue weighted by Gasteiger charge is -2.36. The molecular weight excluding hydrogens is 290 g/mol. The first-order valence-corrected chi connectivity index (χ1v) is 8.38. The first-order chi connectivity index (χ1) is 11.3. The average Bonchev–Trinajstić information content (AvgIpc) is 2.63. The molecule has 2 fully saturated rings. The third-order valence-corrected chi connectivity index (χ3v) is 4.58. The van der Waals surface area contributed by atoms with Gasteiger partial charge in [-0.25, -0.2) is 0 Å². The van der Waals surface area contributed by atoms with Gasteiger partial charge >= 0.3 is 0 Å². The number of hydrogen-bond donors (Lipinski definition) is 0. The fraction of sp³-hybridized carbons (Fsp3) is 0.556. The van der Waals surface area contributed by atoms with Crippen molar-refractivity contribution in [2.45, 2.75) is 31.9 Å². The van der Waals surface area contributed by atoms with E-state index in [0.29, 0.717) is 18.7 Å². The summed E-state index contributed by atoms with van der Waals surface area (Å²) in [6.45, 7) is 4.61. The van der Waals surface area contributed by atoms with Crippen molar-refractivity contribution in [3.8, 4) is 6.07 Å². The van der Waals surface area contributed by atoms with Gasteiger partial charge in [0, 0.05) is 32.7 Å². The topological polar surface area (TPSA) is 56.6 Å². The molecule has 2 aliphatic heterocycles. The van der Waals surface area contributed by atoms with E-state index < -0.39 is 0 Å². The van der Waals surface area contributed by atoms with Gasteiger partial charge in [0.05, 0.1) is 18.2 Å². The Morgan fingerprint density at radius 2 is 1.91 bits per heavy atom. The number of benzene rings is 1. The van der Waals surface area contributed by atoms with Gasteiger partial charge in [-0.3, -0.25) is 9.69 Å². The van der Waals surface area contributed by atoms with Crippen molar-refractivity contribution in [2.75, 3.05) is 32.8 Å². The van der Waals surface area contributed by atoms with E-state index in [-0.39, 0.29) is 12.0 Å². The monoisotopic (exact) mass is 313 g/mol. The highest BCUT2D eigenvalue weighted by molar-refractivity contribution is 5.81. The van der Waals surface area contributed by atoms with Crippen LogP contribution in [0.2, 0.25) is 0 Å². The second-order valence-electron chi connectivity index (χ2n) is 6.29. The maximum Gasteiger partial charge on any atom is 0.253 e. The molecule has 1 aromatic carbocycles. The molecule has 5 heteroatoms. The van der Waals surface area contributed by atoms with Crippen molar-refractivity contribution < 1.29 is 9.53 Å². The number of ether oxygens (including phenoxy) is 1. The van der Waals surface area contributed by atoms with Crippen LogP contribution in [0.25, 0.3) is 0 Å². The Labute approximate surface area is 137 Å². The second kappa shape index (κ2) is 7.58. The van der Waals surface area contributed by atoms with Crippen LogP contribution in [0, 0.1) is 11.3 Å². The third-order valence-electron chi connectivity index (χ3n) is 4.58. The Morgan fingerprint density at radius 3 is 2.61 bits per heavy atom. The Kier molecular flexibility index (Phi) is 5.27. The highest BCUT2D eigenvalue weighted by Gasteiger charge is 2.30. The Balaban J connectivity index is 1.56. The second-order valence-corrected chi connectivity index (χ2v) is 6.29. The summed E-state index contributed by atoms with van der Waals surface area (Å²) >= 11 is 0. The summed E-state index contributed by atoms with van der Waals surface area (Å²) in [5, 5.41) is 8.85. The Morgan fingerprint density at radius 1 is 1.17 bits per heavy atom. The molecule has 3 rings (SSSR count). The smallest absolute Gasteiger partial charge is 0.253 e. The van der Waals surface area contributed by atoms with E-state index in [0.717, 1.165) is 44.6 Å². The molecule has 0 bridgehead atoms. The molecule has 0 aromatic heterocycles. The molecule has 1 unspecified atom stereocenters. The molecule has 1 aromatic rings. The maximum atomic E-state index is 12.6. The molecule has 0 radical (unpaired) electrons. The Hall–Kier alpha value is -1.90. The highest BCUT2D eigenvalue weighted by atomic mass is 16.5. The van der Waals surface area contributed by atoms with E-state index >= 15 is 0 Å². The molecule has 1 amide bonds. The molecule has 5 nitrogen and oxygen atoms in total. The van der Waals surface area contributed by atoms with Gasteiger partial charge in [-0.2, -0.15) is 5.26 Å². The zero-order valence-electron chi connectivity index (χ0n) is 13.4. The Bertz CT molecular complexity index is 573. The van der Waals surface area contributed by atoms with Gasteiger partial charge < -0.3 is 9.64 Å². The number of hydrogen-bond acceptors (Lipinski definition) is 4. The SMILES string of the molecule is N#Cc1ccc(CN2CCOC(C(=O)N3CCCCC3)C2)cc1. The lowest BCUT2D eigenvalue weighted by atomic mass is 10.1. The number of nitriles is 1. The zero-order chi connectivity index (χ0) is 16.1. The minimum Gasteiger partial charge on any atom is -0.366 e. The maximum absolute atomic E-state index is 12.6. The third kappa shape index (κ3) is 4.10. The van der Waals surface area contributed by atoms with Crippen LogP contribution in [-0.4, -0.2) is 54.6 Å². The van der Waals surface area contributed by atoms with Crippen LogP contribution < -0.4 is 0 Å². The van der Waals surface area contributed by atoms with Gasteiger partial charge in [-0.1, -0.05) is 12.1 Å². The molecule has 0 aliphatic carbocycles. The van der Waals surface area contributed by atoms with Crippen molar-refractivity contribution in [1.29, 1.82) is 5.26 Å². The number of amides is 1. The number of rotatable bonds is 3. The van der Waals surface area contributed by atoms with Crippen LogP contribution in [0.3, 0.4) is 0 Å². The fourth-order valence-corrected chi connectivity index (χ4v) is 3.26. The van der Waals surface area contributed by atoms with E-state index in [2.05, 4.69) is 11.0 Å². The number of morpholine rings is 1. The van der Waals surface area contributed by atoms with E-state index in [4.69, 9.17) is 10.00 Å². The van der Waals surface area contributed by atoms with Gasteiger partial charge in [0.2, 0.25) is 0 Å². The van der Waals surface area contributed by atoms with E-state index in [1.165, 1.54) is 6.42 Å². The lowest BCUT2D eigenvalue weighted by molar-refractivity contribution is -0.150. The predicted molar refractivity (Wildman–Crippen MR) is 86.6 cm³/mol. The molecule has 2 heterocycles. The molecule has 0 spiro atoms. The number of carbonyl (C=O) groups excluding carboxylic acids is 1. The normalized spacial score (nSPS) is 22.6. The number of nitrogens with zero attached hydrogens (tertiary/aromatic N) is 3. The molecule has 2 aliphatic rings. The van der Waals surface area contributed by atoms with Crippen LogP contribution in [-0.2, 0) is 16.1 Å². The number of carbonyl (C=O) groups is 1. The van der Waals surface area contributed by atoms with E-state index in [1.807, 2.05) is 29.2 Å². The van der Waals surface area contributed by atoms with Gasteiger partial charge in [0.25, 0.3) is 5.91 Å². The highest BCUT2D eigenvalue weighted by Crippen LogP contribution is 2.16. The van der Waals surface area contributed by atoms with Gasteiger partial charge in [-0.05, 0) is 37.0 Å². The molecule has 0 saturated carbocycles. The van der Waals surface area contributed by atoms with E-state index in [1.54, 1.807) is 0 Å². The molecule has 1 atom stereocenters. The summed E-state index contributed by atoms with van der Waals surface area (Å²) in [4.78, 5) is 16.8. The van der Waals surface area contributed by atoms with Crippen LogP contribution in [0.5, 0.6) is 0 Å². The summed E-state index contributed by atoms with van der Waals surface area (Å²) in [6.07, 6.45) is 3.10. The van der Waals surface area contributed by atoms with Crippen molar-refractivity contribution in [3.63, 3.8) is 0 Å². The summed E-state index contributed by atoms with van der Waals surface area (Å²) in [5.41, 5.74) is 1.84. The van der Waals surface area contributed by atoms with Crippen LogP contribution in [0.4, 0.5) is 0 Å². The van der Waals surface area contributed by atoms with Crippen LogP contribution >= 0.6 is 0 Å². The zero-order valence-corrected chi connectivity index (χ0v) is 13.4. The van der Waals surface area contributed by atoms with E-state index in [9.17, 15) is 4.79 Å². The van der Waals surface area contributed by atoms with Crippen LogP contribution in [0.1, 0.15) is 30.4 Å². The predicted octanol–water partition coefficient (Wildman–Crippen LogP) is 1.77. The summed E-state index contributed by atoms with van der Waals surface area (Å²) in [5.74, 6) is 0.147. The van der Waals surface area contributed by atoms with Gasteiger partial charge in [0.1, 0.15) is 6.10 Å². The summed E-state index contributed by atoms with van der Waals surface area (Å²) in [6, 6.07) is 9.77. The standard InChI is InChI=1S/C18H23N3O2/c19-12-15-4-6-16(7-5-15)13-20-10-11-23-17(14-20)18(22)21-8-2-1-3-9-21/h4-7,17H,1-3,8-11,13-14H2. The molecule has 0 N–H and O–H groups in total. The van der Waals surface area contributed by atoms with Gasteiger partial charge in [0.15, 0.2) is 0 Å². The van der Waals surface area contributed by atoms with Crippen molar-refractivity contribution in [2.24, 2.45) is 0 Å². The van der Waals surface area contributed by atoms with Crippen molar-refractivity contribution in [1.82, 2.24) is 9.80 Å². The first-order valence-electron chi connectivity index (χ1n) is 8.38. The fourth-order valence-electron chi connectivity index (χ4n) is 3.26.